The number of nitrogens with one attached hydrogen (secondary N) is 1. The third-order valence-corrected chi connectivity index (χ3v) is 2.55. The lowest BCUT2D eigenvalue weighted by Gasteiger charge is -2.21. The smallest absolute Gasteiger partial charge is 0.0370 e. The van der Waals surface area contributed by atoms with Crippen molar-refractivity contribution < 1.29 is 0 Å². The predicted molar refractivity (Wildman–Crippen MR) is 45.7 cm³/mol. The first-order chi connectivity index (χ1) is 5.45. The van der Waals surface area contributed by atoms with Crippen molar-refractivity contribution in [2.75, 3.05) is 13.1 Å². The minimum atomic E-state index is 0.643. The first kappa shape index (κ1) is 7.56. The lowest BCUT2D eigenvalue weighted by atomic mass is 10.1. The van der Waals surface area contributed by atoms with Gasteiger partial charge in [-0.3, -0.25) is 0 Å². The summed E-state index contributed by atoms with van der Waals surface area (Å²) in [6.45, 7) is 2.25. The van der Waals surface area contributed by atoms with Crippen LogP contribution in [0.2, 0.25) is 0 Å². The van der Waals surface area contributed by atoms with Crippen molar-refractivity contribution >= 4 is 0 Å². The van der Waals surface area contributed by atoms with E-state index in [0.29, 0.717) is 6.04 Å². The lowest BCUT2D eigenvalue weighted by Crippen LogP contribution is -2.37. The third kappa shape index (κ3) is 2.46. The van der Waals surface area contributed by atoms with Gasteiger partial charge in [0.05, 0.1) is 0 Å². The molecule has 0 aromatic rings. The summed E-state index contributed by atoms with van der Waals surface area (Å²) in [5, 5.41) is 8.10. The minimum Gasteiger partial charge on any atom is -0.312 e. The highest BCUT2D eigenvalue weighted by molar-refractivity contribution is 4.84. The molecule has 0 aromatic heterocycles. The maximum atomic E-state index is 4.57. The van der Waals surface area contributed by atoms with E-state index in [9.17, 15) is 0 Å². The zero-order valence-electron chi connectivity index (χ0n) is 7.05. The molecule has 1 saturated heterocycles. The Morgan fingerprint density at radius 1 is 1.18 bits per heavy atom. The molecule has 2 fully saturated rings. The number of hydrogen-bond acceptors (Lipinski definition) is 1. The summed E-state index contributed by atoms with van der Waals surface area (Å²) in [6, 6.07) is 1.50. The molecular formula is C9H17N2. The molecule has 0 amide bonds. The van der Waals surface area contributed by atoms with Crippen molar-refractivity contribution in [3.05, 3.63) is 0 Å². The summed E-state index contributed by atoms with van der Waals surface area (Å²) >= 11 is 0. The summed E-state index contributed by atoms with van der Waals surface area (Å²) in [4.78, 5) is 0. The molecule has 1 aliphatic heterocycles. The Kier molecular flexibility index (Phi) is 2.44. The molecule has 0 spiro atoms. The van der Waals surface area contributed by atoms with E-state index < -0.39 is 0 Å². The molecule has 0 bridgehead atoms. The van der Waals surface area contributed by atoms with Gasteiger partial charge >= 0.3 is 0 Å². The zero-order valence-corrected chi connectivity index (χ0v) is 7.05. The van der Waals surface area contributed by atoms with Gasteiger partial charge in [-0.2, -0.15) is 0 Å². The van der Waals surface area contributed by atoms with Gasteiger partial charge in [0.15, 0.2) is 0 Å². The molecule has 2 aliphatic rings. The maximum Gasteiger partial charge on any atom is 0.0370 e. The molecule has 11 heavy (non-hydrogen) atoms. The standard InChI is InChI=1S/C9H17N2/c1-2-6-10-9(3-1)7-11-8-4-5-8/h8-9,11H,1-7H2. The molecule has 2 rings (SSSR count). The Morgan fingerprint density at radius 3 is 2.73 bits per heavy atom. The Balaban J connectivity index is 1.59. The molecule has 2 heteroatoms. The highest BCUT2D eigenvalue weighted by Gasteiger charge is 2.22. The van der Waals surface area contributed by atoms with E-state index in [2.05, 4.69) is 10.6 Å². The lowest BCUT2D eigenvalue weighted by molar-refractivity contribution is 0.375. The number of rotatable bonds is 3. The van der Waals surface area contributed by atoms with Crippen LogP contribution in [0.15, 0.2) is 0 Å². The second-order valence-electron chi connectivity index (χ2n) is 3.74. The summed E-state index contributed by atoms with van der Waals surface area (Å²) < 4.78 is 0. The van der Waals surface area contributed by atoms with Crippen molar-refractivity contribution in [3.63, 3.8) is 0 Å². The van der Waals surface area contributed by atoms with Gasteiger partial charge in [0, 0.05) is 25.2 Å². The van der Waals surface area contributed by atoms with E-state index in [4.69, 9.17) is 0 Å². The van der Waals surface area contributed by atoms with Crippen LogP contribution in [0.4, 0.5) is 0 Å². The van der Waals surface area contributed by atoms with Gasteiger partial charge in [0.1, 0.15) is 0 Å². The molecule has 1 saturated carbocycles. The SMILES string of the molecule is C1CCC(CNC2CC2)[N]C1. The first-order valence-corrected chi connectivity index (χ1v) is 4.85. The van der Waals surface area contributed by atoms with Crippen LogP contribution >= 0.6 is 0 Å². The summed E-state index contributed by atoms with van der Waals surface area (Å²) in [6.07, 6.45) is 6.82. The van der Waals surface area contributed by atoms with E-state index in [1.54, 1.807) is 0 Å². The van der Waals surface area contributed by atoms with E-state index >= 15 is 0 Å². The topological polar surface area (TPSA) is 26.1 Å². The molecule has 1 aliphatic carbocycles. The molecule has 1 atom stereocenters. The van der Waals surface area contributed by atoms with Crippen LogP contribution in [0, 0.1) is 0 Å². The minimum absolute atomic E-state index is 0.643. The van der Waals surface area contributed by atoms with Gasteiger partial charge in [0.2, 0.25) is 0 Å². The van der Waals surface area contributed by atoms with Gasteiger partial charge in [-0.1, -0.05) is 6.42 Å². The van der Waals surface area contributed by atoms with E-state index in [1.807, 2.05) is 0 Å². The Morgan fingerprint density at radius 2 is 2.09 bits per heavy atom. The van der Waals surface area contributed by atoms with Crippen molar-refractivity contribution in [1.29, 1.82) is 0 Å². The molecule has 1 unspecified atom stereocenters. The largest absolute Gasteiger partial charge is 0.312 e. The van der Waals surface area contributed by atoms with Crippen molar-refractivity contribution in [3.8, 4) is 0 Å². The Bertz CT molecular complexity index is 115. The molecule has 2 nitrogen and oxygen atoms in total. The van der Waals surface area contributed by atoms with Crippen LogP contribution in [0.25, 0.3) is 0 Å². The number of hydrogen-bond donors (Lipinski definition) is 1. The molecule has 1 heterocycles. The quantitative estimate of drug-likeness (QED) is 0.640. The van der Waals surface area contributed by atoms with E-state index in [0.717, 1.165) is 19.1 Å². The molecule has 1 N–H and O–H groups in total. The molecule has 0 aromatic carbocycles. The van der Waals surface area contributed by atoms with Crippen molar-refractivity contribution in [1.82, 2.24) is 10.6 Å². The zero-order chi connectivity index (χ0) is 7.52. The van der Waals surface area contributed by atoms with Gasteiger partial charge in [-0.05, 0) is 25.7 Å². The van der Waals surface area contributed by atoms with E-state index in [-0.39, 0.29) is 0 Å². The second kappa shape index (κ2) is 3.55. The fraction of sp³-hybridized carbons (Fsp3) is 1.00. The van der Waals surface area contributed by atoms with Crippen LogP contribution in [-0.4, -0.2) is 25.2 Å². The normalized spacial score (nSPS) is 32.2. The second-order valence-corrected chi connectivity index (χ2v) is 3.74. The van der Waals surface area contributed by atoms with Crippen LogP contribution in [0.3, 0.4) is 0 Å². The maximum absolute atomic E-state index is 4.57. The van der Waals surface area contributed by atoms with Crippen LogP contribution in [-0.2, 0) is 0 Å². The van der Waals surface area contributed by atoms with E-state index in [1.165, 1.54) is 32.1 Å². The first-order valence-electron chi connectivity index (χ1n) is 4.85. The Labute approximate surface area is 68.7 Å². The molecule has 63 valence electrons. The summed E-state index contributed by atoms with van der Waals surface area (Å²) in [5.74, 6) is 0. The highest BCUT2D eigenvalue weighted by Crippen LogP contribution is 2.19. The van der Waals surface area contributed by atoms with Gasteiger partial charge in [-0.25, -0.2) is 5.32 Å². The van der Waals surface area contributed by atoms with Crippen LogP contribution < -0.4 is 10.6 Å². The average Bonchev–Trinajstić information content (AvgIpc) is 2.86. The Hall–Kier alpha value is -0.0800. The van der Waals surface area contributed by atoms with Gasteiger partial charge < -0.3 is 5.32 Å². The third-order valence-electron chi connectivity index (χ3n) is 2.55. The fourth-order valence-corrected chi connectivity index (χ4v) is 1.61. The van der Waals surface area contributed by atoms with Crippen molar-refractivity contribution in [2.45, 2.75) is 44.2 Å². The fourth-order valence-electron chi connectivity index (χ4n) is 1.61. The van der Waals surface area contributed by atoms with Crippen LogP contribution in [0.5, 0.6) is 0 Å². The number of piperidine rings is 1. The highest BCUT2D eigenvalue weighted by atomic mass is 15.0. The predicted octanol–water partition coefficient (Wildman–Crippen LogP) is 0.895. The van der Waals surface area contributed by atoms with Gasteiger partial charge in [0.25, 0.3) is 0 Å². The molecule has 1 radical (unpaired) electrons. The van der Waals surface area contributed by atoms with Crippen molar-refractivity contribution in [2.24, 2.45) is 0 Å². The monoisotopic (exact) mass is 153 g/mol. The summed E-state index contributed by atoms with van der Waals surface area (Å²) in [5.41, 5.74) is 0. The average molecular weight is 153 g/mol. The number of nitrogens with zero attached hydrogens (tertiary/aromatic N) is 1. The molecular weight excluding hydrogens is 136 g/mol. The summed E-state index contributed by atoms with van der Waals surface area (Å²) in [7, 11) is 0. The van der Waals surface area contributed by atoms with Crippen LogP contribution in [0.1, 0.15) is 32.1 Å². The van der Waals surface area contributed by atoms with Gasteiger partial charge in [-0.15, -0.1) is 0 Å².